The number of rotatable bonds is 3. The van der Waals surface area contributed by atoms with Gasteiger partial charge in [0.05, 0.1) is 5.69 Å². The van der Waals surface area contributed by atoms with Crippen LogP contribution in [0.5, 0.6) is 0 Å². The minimum atomic E-state index is -0.261. The SMILES string of the molecule is O=C(C=Cc1cccs1)NC(=S)Nc1ccccc1Br. The van der Waals surface area contributed by atoms with E-state index < -0.39 is 0 Å². The van der Waals surface area contributed by atoms with Crippen LogP contribution in [0.25, 0.3) is 6.08 Å². The maximum absolute atomic E-state index is 11.7. The van der Waals surface area contributed by atoms with Gasteiger partial charge in [0.15, 0.2) is 5.11 Å². The van der Waals surface area contributed by atoms with E-state index in [0.29, 0.717) is 0 Å². The molecule has 0 saturated heterocycles. The third-order valence-corrected chi connectivity index (χ3v) is 4.03. The summed E-state index contributed by atoms with van der Waals surface area (Å²) < 4.78 is 0.880. The van der Waals surface area contributed by atoms with Gasteiger partial charge in [-0.3, -0.25) is 10.1 Å². The zero-order valence-corrected chi connectivity index (χ0v) is 13.5. The Morgan fingerprint density at radius 2 is 2.05 bits per heavy atom. The van der Waals surface area contributed by atoms with Gasteiger partial charge in [-0.15, -0.1) is 11.3 Å². The average Bonchev–Trinajstić information content (AvgIpc) is 2.92. The molecule has 2 N–H and O–H groups in total. The van der Waals surface area contributed by atoms with Gasteiger partial charge in [0.1, 0.15) is 0 Å². The van der Waals surface area contributed by atoms with Gasteiger partial charge in [0.2, 0.25) is 5.91 Å². The van der Waals surface area contributed by atoms with Crippen molar-refractivity contribution in [3.8, 4) is 0 Å². The number of carbonyl (C=O) groups excluding carboxylic acids is 1. The molecule has 2 rings (SSSR count). The Bertz CT molecular complexity index is 638. The molecule has 102 valence electrons. The molecule has 0 aliphatic carbocycles. The van der Waals surface area contributed by atoms with Crippen molar-refractivity contribution in [1.29, 1.82) is 0 Å². The van der Waals surface area contributed by atoms with Gasteiger partial charge in [0.25, 0.3) is 0 Å². The molecule has 0 saturated carbocycles. The first-order chi connectivity index (χ1) is 9.65. The van der Waals surface area contributed by atoms with Gasteiger partial charge in [-0.25, -0.2) is 0 Å². The molecule has 0 radical (unpaired) electrons. The van der Waals surface area contributed by atoms with Gasteiger partial charge in [0, 0.05) is 15.4 Å². The smallest absolute Gasteiger partial charge is 0.250 e. The number of benzene rings is 1. The van der Waals surface area contributed by atoms with Crippen LogP contribution >= 0.6 is 39.5 Å². The highest BCUT2D eigenvalue weighted by atomic mass is 79.9. The Balaban J connectivity index is 1.88. The Hall–Kier alpha value is -1.50. The highest BCUT2D eigenvalue weighted by Gasteiger charge is 2.03. The number of thiophene rings is 1. The quantitative estimate of drug-likeness (QED) is 0.636. The second-order valence-corrected chi connectivity index (χ2v) is 6.01. The third kappa shape index (κ3) is 4.56. The van der Waals surface area contributed by atoms with Crippen LogP contribution in [0, 0.1) is 0 Å². The lowest BCUT2D eigenvalue weighted by molar-refractivity contribution is -0.115. The van der Waals surface area contributed by atoms with E-state index in [2.05, 4.69) is 26.6 Å². The standard InChI is InChI=1S/C14H11BrN2OS2/c15-11-5-1-2-6-12(11)16-14(19)17-13(18)8-7-10-4-3-9-20-10/h1-9H,(H2,16,17,18,19). The van der Waals surface area contributed by atoms with E-state index in [0.717, 1.165) is 15.0 Å². The summed E-state index contributed by atoms with van der Waals surface area (Å²) in [6.07, 6.45) is 3.21. The summed E-state index contributed by atoms with van der Waals surface area (Å²) in [6.45, 7) is 0. The first kappa shape index (κ1) is 14.9. The van der Waals surface area contributed by atoms with Crippen molar-refractivity contribution in [2.45, 2.75) is 0 Å². The zero-order chi connectivity index (χ0) is 14.4. The summed E-state index contributed by atoms with van der Waals surface area (Å²) in [7, 11) is 0. The molecule has 0 fully saturated rings. The number of halogens is 1. The van der Waals surface area contributed by atoms with Gasteiger partial charge in [-0.1, -0.05) is 18.2 Å². The molecule has 0 unspecified atom stereocenters. The summed E-state index contributed by atoms with van der Waals surface area (Å²) in [4.78, 5) is 12.7. The highest BCUT2D eigenvalue weighted by Crippen LogP contribution is 2.20. The minimum Gasteiger partial charge on any atom is -0.331 e. The molecule has 1 aromatic carbocycles. The van der Waals surface area contributed by atoms with Crippen LogP contribution in [0.15, 0.2) is 52.3 Å². The van der Waals surface area contributed by atoms with Crippen molar-refractivity contribution in [3.63, 3.8) is 0 Å². The van der Waals surface area contributed by atoms with E-state index >= 15 is 0 Å². The van der Waals surface area contributed by atoms with E-state index in [4.69, 9.17) is 12.2 Å². The molecule has 3 nitrogen and oxygen atoms in total. The Labute approximate surface area is 134 Å². The first-order valence-corrected chi connectivity index (χ1v) is 7.81. The van der Waals surface area contributed by atoms with Crippen LogP contribution in [0.3, 0.4) is 0 Å². The van der Waals surface area contributed by atoms with Gasteiger partial charge in [-0.2, -0.15) is 0 Å². The van der Waals surface area contributed by atoms with Gasteiger partial charge < -0.3 is 5.32 Å². The summed E-state index contributed by atoms with van der Waals surface area (Å²) >= 11 is 10.1. The number of anilines is 1. The lowest BCUT2D eigenvalue weighted by atomic mass is 10.3. The second-order valence-electron chi connectivity index (χ2n) is 3.77. The molecule has 1 amide bonds. The van der Waals surface area contributed by atoms with Crippen molar-refractivity contribution >= 4 is 62.3 Å². The van der Waals surface area contributed by atoms with Gasteiger partial charge >= 0.3 is 0 Å². The number of thiocarbonyl (C=S) groups is 1. The summed E-state index contributed by atoms with van der Waals surface area (Å²) in [5.41, 5.74) is 0.806. The number of para-hydroxylation sites is 1. The summed E-state index contributed by atoms with van der Waals surface area (Å²) in [5, 5.41) is 7.77. The number of hydrogen-bond donors (Lipinski definition) is 2. The van der Waals surface area contributed by atoms with Crippen molar-refractivity contribution in [1.82, 2.24) is 5.32 Å². The lowest BCUT2D eigenvalue weighted by Crippen LogP contribution is -2.32. The largest absolute Gasteiger partial charge is 0.331 e. The molecular weight excluding hydrogens is 356 g/mol. The number of hydrogen-bond acceptors (Lipinski definition) is 3. The molecule has 1 heterocycles. The monoisotopic (exact) mass is 366 g/mol. The van der Waals surface area contributed by atoms with Crippen LogP contribution in [0.2, 0.25) is 0 Å². The Morgan fingerprint density at radius 1 is 1.25 bits per heavy atom. The molecular formula is C14H11BrN2OS2. The van der Waals surface area contributed by atoms with Crippen molar-refractivity contribution < 1.29 is 4.79 Å². The van der Waals surface area contributed by atoms with Crippen molar-refractivity contribution in [2.75, 3.05) is 5.32 Å². The predicted molar refractivity (Wildman–Crippen MR) is 91.9 cm³/mol. The highest BCUT2D eigenvalue weighted by molar-refractivity contribution is 9.10. The third-order valence-electron chi connectivity index (χ3n) is 2.30. The molecule has 1 aromatic heterocycles. The molecule has 0 atom stereocenters. The van der Waals surface area contributed by atoms with Crippen LogP contribution < -0.4 is 10.6 Å². The minimum absolute atomic E-state index is 0.261. The molecule has 0 aliphatic rings. The fourth-order valence-electron chi connectivity index (χ4n) is 1.41. The van der Waals surface area contributed by atoms with Crippen LogP contribution in [-0.2, 0) is 4.79 Å². The predicted octanol–water partition coefficient (Wildman–Crippen LogP) is 4.04. The van der Waals surface area contributed by atoms with Gasteiger partial charge in [-0.05, 0) is 57.8 Å². The molecule has 0 bridgehead atoms. The van der Waals surface area contributed by atoms with E-state index in [1.165, 1.54) is 6.08 Å². The average molecular weight is 367 g/mol. The molecule has 6 heteroatoms. The zero-order valence-electron chi connectivity index (χ0n) is 10.3. The lowest BCUT2D eigenvalue weighted by Gasteiger charge is -2.09. The normalized spacial score (nSPS) is 10.4. The second kappa shape index (κ2) is 7.33. The maximum Gasteiger partial charge on any atom is 0.250 e. The number of nitrogens with one attached hydrogen (secondary N) is 2. The summed E-state index contributed by atoms with van der Waals surface area (Å²) in [6, 6.07) is 11.4. The fraction of sp³-hybridized carbons (Fsp3) is 0. The van der Waals surface area contributed by atoms with Crippen LogP contribution in [-0.4, -0.2) is 11.0 Å². The fourth-order valence-corrected chi connectivity index (χ4v) is 2.63. The van der Waals surface area contributed by atoms with Crippen LogP contribution in [0.1, 0.15) is 4.88 Å². The molecule has 0 spiro atoms. The van der Waals surface area contributed by atoms with E-state index in [1.54, 1.807) is 17.4 Å². The van der Waals surface area contributed by atoms with E-state index in [-0.39, 0.29) is 11.0 Å². The number of carbonyl (C=O) groups is 1. The maximum atomic E-state index is 11.7. The van der Waals surface area contributed by atoms with Crippen LogP contribution in [0.4, 0.5) is 5.69 Å². The van der Waals surface area contributed by atoms with E-state index in [1.807, 2.05) is 41.8 Å². The van der Waals surface area contributed by atoms with Crippen molar-refractivity contribution in [2.24, 2.45) is 0 Å². The Morgan fingerprint density at radius 3 is 2.75 bits per heavy atom. The topological polar surface area (TPSA) is 41.1 Å². The number of amides is 1. The molecule has 0 aliphatic heterocycles. The van der Waals surface area contributed by atoms with E-state index in [9.17, 15) is 4.79 Å². The van der Waals surface area contributed by atoms with Crippen molar-refractivity contribution in [3.05, 3.63) is 57.2 Å². The summed E-state index contributed by atoms with van der Waals surface area (Å²) in [5.74, 6) is -0.261. The molecule has 20 heavy (non-hydrogen) atoms. The molecule has 2 aromatic rings. The first-order valence-electron chi connectivity index (χ1n) is 5.73. The Kier molecular flexibility index (Phi) is 5.46.